The molecule has 2 aliphatic rings. The van der Waals surface area contributed by atoms with Crippen molar-refractivity contribution in [1.82, 2.24) is 4.90 Å². The van der Waals surface area contributed by atoms with Crippen molar-refractivity contribution in [3.8, 4) is 11.8 Å². The van der Waals surface area contributed by atoms with E-state index in [4.69, 9.17) is 4.74 Å². The van der Waals surface area contributed by atoms with Gasteiger partial charge in [-0.1, -0.05) is 0 Å². The summed E-state index contributed by atoms with van der Waals surface area (Å²) in [6, 6.07) is 7.39. The second-order valence-electron chi connectivity index (χ2n) is 5.17. The molecule has 2 aliphatic heterocycles. The predicted molar refractivity (Wildman–Crippen MR) is 83.0 cm³/mol. The number of nitrogens with zero attached hydrogens (tertiary/aromatic N) is 3. The van der Waals surface area contributed by atoms with Crippen LogP contribution in [0.4, 0.5) is 5.69 Å². The molecule has 5 nitrogen and oxygen atoms in total. The molecule has 2 heterocycles. The number of likely N-dealkylation sites (N-methyl/N-ethyl adjacent to an activating group) is 1. The monoisotopic (exact) mass is 303 g/mol. The second-order valence-corrected chi connectivity index (χ2v) is 6.32. The molecule has 1 unspecified atom stereocenters. The number of anilines is 1. The van der Waals surface area contributed by atoms with Crippen LogP contribution in [0.3, 0.4) is 0 Å². The minimum absolute atomic E-state index is 0.0661. The number of carbonyl (C=O) groups is 1. The number of nitriles is 1. The molecule has 3 rings (SSSR count). The molecule has 1 saturated heterocycles. The SMILES string of the molecule is CN1CCOc2ccc(C(=O)N3CCSCC3C#N)cc21. The summed E-state index contributed by atoms with van der Waals surface area (Å²) in [7, 11) is 1.99. The molecule has 0 spiro atoms. The van der Waals surface area contributed by atoms with Gasteiger partial charge in [-0.3, -0.25) is 4.79 Å². The number of rotatable bonds is 1. The van der Waals surface area contributed by atoms with Crippen LogP contribution in [0.2, 0.25) is 0 Å². The molecule has 0 N–H and O–H groups in total. The van der Waals surface area contributed by atoms with Crippen molar-refractivity contribution in [2.75, 3.05) is 43.1 Å². The predicted octanol–water partition coefficient (Wildman–Crippen LogP) is 1.60. The maximum absolute atomic E-state index is 12.7. The summed E-state index contributed by atoms with van der Waals surface area (Å²) in [5, 5.41) is 9.21. The standard InChI is InChI=1S/C15H17N3O2S/c1-17-4-6-20-14-3-2-11(8-13(14)17)15(19)18-5-7-21-10-12(18)9-16/h2-3,8,12H,4-7,10H2,1H3. The van der Waals surface area contributed by atoms with Crippen molar-refractivity contribution in [3.05, 3.63) is 23.8 Å². The van der Waals surface area contributed by atoms with Crippen LogP contribution in [0, 0.1) is 11.3 Å². The van der Waals surface area contributed by atoms with Gasteiger partial charge in [0.15, 0.2) is 0 Å². The van der Waals surface area contributed by atoms with Gasteiger partial charge in [-0.05, 0) is 18.2 Å². The smallest absolute Gasteiger partial charge is 0.255 e. The van der Waals surface area contributed by atoms with Crippen molar-refractivity contribution in [1.29, 1.82) is 5.26 Å². The number of hydrogen-bond acceptors (Lipinski definition) is 5. The molecule has 6 heteroatoms. The Labute approximate surface area is 128 Å². The summed E-state index contributed by atoms with van der Waals surface area (Å²) in [6.07, 6.45) is 0. The first-order valence-corrected chi connectivity index (χ1v) is 8.12. The molecule has 1 aromatic rings. The number of hydrogen-bond donors (Lipinski definition) is 0. The molecule has 1 aromatic carbocycles. The van der Waals surface area contributed by atoms with Gasteiger partial charge in [-0.25, -0.2) is 0 Å². The summed E-state index contributed by atoms with van der Waals surface area (Å²) < 4.78 is 5.59. The van der Waals surface area contributed by atoms with Crippen LogP contribution in [0.5, 0.6) is 5.75 Å². The molecule has 0 radical (unpaired) electrons. The Morgan fingerprint density at radius 3 is 3.14 bits per heavy atom. The molecular formula is C15H17N3O2S. The van der Waals surface area contributed by atoms with Gasteiger partial charge in [0.25, 0.3) is 5.91 Å². The largest absolute Gasteiger partial charge is 0.490 e. The quantitative estimate of drug-likeness (QED) is 0.788. The van der Waals surface area contributed by atoms with Crippen molar-refractivity contribution < 1.29 is 9.53 Å². The Bertz CT molecular complexity index is 599. The third-order valence-corrected chi connectivity index (χ3v) is 4.86. The highest BCUT2D eigenvalue weighted by molar-refractivity contribution is 7.99. The van der Waals surface area contributed by atoms with Crippen molar-refractivity contribution >= 4 is 23.4 Å². The van der Waals surface area contributed by atoms with Crippen LogP contribution in [-0.2, 0) is 0 Å². The van der Waals surface area contributed by atoms with E-state index in [1.807, 2.05) is 19.2 Å². The third kappa shape index (κ3) is 2.66. The molecule has 0 aliphatic carbocycles. The molecular weight excluding hydrogens is 286 g/mol. The Kier molecular flexibility index (Phi) is 3.93. The number of ether oxygens (including phenoxy) is 1. The fourth-order valence-electron chi connectivity index (χ4n) is 2.60. The van der Waals surface area contributed by atoms with E-state index in [0.717, 1.165) is 23.7 Å². The molecule has 21 heavy (non-hydrogen) atoms. The maximum Gasteiger partial charge on any atom is 0.255 e. The van der Waals surface area contributed by atoms with E-state index in [-0.39, 0.29) is 11.9 Å². The summed E-state index contributed by atoms with van der Waals surface area (Å²) in [4.78, 5) is 16.4. The van der Waals surface area contributed by atoms with Crippen LogP contribution in [-0.4, -0.2) is 55.1 Å². The molecule has 0 bridgehead atoms. The zero-order valence-corrected chi connectivity index (χ0v) is 12.7. The highest BCUT2D eigenvalue weighted by atomic mass is 32.2. The molecule has 1 fully saturated rings. The summed E-state index contributed by atoms with van der Waals surface area (Å²) >= 11 is 1.72. The zero-order chi connectivity index (χ0) is 14.8. The Morgan fingerprint density at radius 1 is 1.48 bits per heavy atom. The van der Waals surface area contributed by atoms with Crippen LogP contribution < -0.4 is 9.64 Å². The number of benzene rings is 1. The van der Waals surface area contributed by atoms with E-state index in [1.54, 1.807) is 22.7 Å². The van der Waals surface area contributed by atoms with Crippen molar-refractivity contribution in [2.45, 2.75) is 6.04 Å². The summed E-state index contributed by atoms with van der Waals surface area (Å²) in [6.45, 7) is 2.10. The highest BCUT2D eigenvalue weighted by Gasteiger charge is 2.28. The van der Waals surface area contributed by atoms with Gasteiger partial charge < -0.3 is 14.5 Å². The van der Waals surface area contributed by atoms with E-state index >= 15 is 0 Å². The Morgan fingerprint density at radius 2 is 2.33 bits per heavy atom. The lowest BCUT2D eigenvalue weighted by molar-refractivity contribution is 0.0737. The first-order valence-electron chi connectivity index (χ1n) is 6.97. The Hall–Kier alpha value is -1.87. The topological polar surface area (TPSA) is 56.6 Å². The molecule has 1 amide bonds. The van der Waals surface area contributed by atoms with Gasteiger partial charge >= 0.3 is 0 Å². The lowest BCUT2D eigenvalue weighted by Gasteiger charge is -2.32. The van der Waals surface area contributed by atoms with Crippen LogP contribution in [0.15, 0.2) is 18.2 Å². The summed E-state index contributed by atoms with van der Waals surface area (Å²) in [5.74, 6) is 2.32. The zero-order valence-electron chi connectivity index (χ0n) is 11.9. The van der Waals surface area contributed by atoms with Crippen LogP contribution >= 0.6 is 11.8 Å². The first kappa shape index (κ1) is 14.1. The van der Waals surface area contributed by atoms with Gasteiger partial charge in [0.1, 0.15) is 18.4 Å². The third-order valence-electron chi connectivity index (χ3n) is 3.84. The molecule has 0 aromatic heterocycles. The van der Waals surface area contributed by atoms with Gasteiger partial charge in [-0.2, -0.15) is 17.0 Å². The minimum atomic E-state index is -0.332. The van der Waals surface area contributed by atoms with Gasteiger partial charge in [0.05, 0.1) is 18.3 Å². The molecule has 1 atom stereocenters. The fraction of sp³-hybridized carbons (Fsp3) is 0.467. The number of amides is 1. The average Bonchev–Trinajstić information content (AvgIpc) is 2.54. The lowest BCUT2D eigenvalue weighted by atomic mass is 10.1. The van der Waals surface area contributed by atoms with E-state index in [2.05, 4.69) is 11.0 Å². The number of fused-ring (bicyclic) bond motifs is 1. The maximum atomic E-state index is 12.7. The summed E-state index contributed by atoms with van der Waals surface area (Å²) in [5.41, 5.74) is 1.56. The van der Waals surface area contributed by atoms with Gasteiger partial charge in [-0.15, -0.1) is 0 Å². The first-order chi connectivity index (χ1) is 10.2. The lowest BCUT2D eigenvalue weighted by Crippen LogP contribution is -2.45. The van der Waals surface area contributed by atoms with Crippen molar-refractivity contribution in [3.63, 3.8) is 0 Å². The fourth-order valence-corrected chi connectivity index (χ4v) is 3.57. The Balaban J connectivity index is 1.88. The number of carbonyl (C=O) groups excluding carboxylic acids is 1. The molecule has 0 saturated carbocycles. The highest BCUT2D eigenvalue weighted by Crippen LogP contribution is 2.32. The second kappa shape index (κ2) is 5.86. The van der Waals surface area contributed by atoms with Crippen LogP contribution in [0.25, 0.3) is 0 Å². The van der Waals surface area contributed by atoms with E-state index in [0.29, 0.717) is 24.5 Å². The molecule has 110 valence electrons. The number of thioether (sulfide) groups is 1. The minimum Gasteiger partial charge on any atom is -0.490 e. The van der Waals surface area contributed by atoms with E-state index < -0.39 is 0 Å². The normalized spacial score (nSPS) is 21.2. The van der Waals surface area contributed by atoms with Crippen LogP contribution in [0.1, 0.15) is 10.4 Å². The van der Waals surface area contributed by atoms with Gasteiger partial charge in [0, 0.05) is 30.7 Å². The van der Waals surface area contributed by atoms with E-state index in [9.17, 15) is 10.1 Å². The van der Waals surface area contributed by atoms with Crippen molar-refractivity contribution in [2.24, 2.45) is 0 Å². The van der Waals surface area contributed by atoms with E-state index in [1.165, 1.54) is 0 Å². The average molecular weight is 303 g/mol. The van der Waals surface area contributed by atoms with Gasteiger partial charge in [0.2, 0.25) is 0 Å².